The molecule has 1 aromatic heterocycles. The van der Waals surface area contributed by atoms with Crippen LogP contribution in [0.4, 0.5) is 0 Å². The minimum Gasteiger partial charge on any atom is -0.381 e. The van der Waals surface area contributed by atoms with Crippen molar-refractivity contribution >= 4 is 5.91 Å². The molecule has 29 heavy (non-hydrogen) atoms. The van der Waals surface area contributed by atoms with E-state index in [0.29, 0.717) is 11.5 Å². The van der Waals surface area contributed by atoms with Crippen molar-refractivity contribution in [2.24, 2.45) is 5.92 Å². The summed E-state index contributed by atoms with van der Waals surface area (Å²) in [5.74, 6) is 1.69. The fraction of sp³-hybridized carbons (Fsp3) is 0.583. The summed E-state index contributed by atoms with van der Waals surface area (Å²) >= 11 is 0. The molecule has 5 heteroatoms. The summed E-state index contributed by atoms with van der Waals surface area (Å²) in [5, 5.41) is 3.04. The van der Waals surface area contributed by atoms with Gasteiger partial charge in [0, 0.05) is 48.5 Å². The van der Waals surface area contributed by atoms with Crippen molar-refractivity contribution in [3.63, 3.8) is 0 Å². The second kappa shape index (κ2) is 9.12. The van der Waals surface area contributed by atoms with Crippen LogP contribution in [-0.2, 0) is 16.7 Å². The van der Waals surface area contributed by atoms with E-state index in [0.717, 1.165) is 56.1 Å². The number of benzene rings is 1. The SMILES string of the molecule is CCC(C)NC(=O)c1cccc(-c2cn(CC3CCOCC3)c(C(C)(C)C)n2)c1. The molecule has 3 rings (SSSR count). The van der Waals surface area contributed by atoms with Gasteiger partial charge < -0.3 is 14.6 Å². The first-order chi connectivity index (χ1) is 13.8. The van der Waals surface area contributed by atoms with Gasteiger partial charge in [0.05, 0.1) is 5.69 Å². The van der Waals surface area contributed by atoms with Gasteiger partial charge in [0.2, 0.25) is 0 Å². The molecule has 1 fully saturated rings. The van der Waals surface area contributed by atoms with E-state index in [1.807, 2.05) is 31.2 Å². The first-order valence-corrected chi connectivity index (χ1v) is 10.8. The summed E-state index contributed by atoms with van der Waals surface area (Å²) in [5.41, 5.74) is 2.55. The van der Waals surface area contributed by atoms with E-state index in [1.165, 1.54) is 0 Å². The smallest absolute Gasteiger partial charge is 0.251 e. The minimum atomic E-state index is -0.0467. The number of aromatic nitrogens is 2. The van der Waals surface area contributed by atoms with Crippen LogP contribution < -0.4 is 5.32 Å². The Labute approximate surface area is 174 Å². The molecule has 1 N–H and O–H groups in total. The van der Waals surface area contributed by atoms with Crippen molar-refractivity contribution in [2.45, 2.75) is 71.9 Å². The molecule has 0 saturated carbocycles. The maximum atomic E-state index is 12.5. The van der Waals surface area contributed by atoms with E-state index in [9.17, 15) is 4.79 Å². The van der Waals surface area contributed by atoms with Gasteiger partial charge in [0.15, 0.2) is 0 Å². The second-order valence-corrected chi connectivity index (χ2v) is 9.27. The zero-order valence-corrected chi connectivity index (χ0v) is 18.5. The van der Waals surface area contributed by atoms with Gasteiger partial charge in [0.25, 0.3) is 5.91 Å². The molecule has 1 amide bonds. The van der Waals surface area contributed by atoms with E-state index >= 15 is 0 Å². The average Bonchev–Trinajstić information content (AvgIpc) is 3.13. The van der Waals surface area contributed by atoms with E-state index in [1.54, 1.807) is 0 Å². The Morgan fingerprint density at radius 2 is 2.03 bits per heavy atom. The van der Waals surface area contributed by atoms with Crippen LogP contribution in [-0.4, -0.2) is 34.7 Å². The van der Waals surface area contributed by atoms with Crippen LogP contribution in [0, 0.1) is 5.92 Å². The number of amides is 1. The van der Waals surface area contributed by atoms with Crippen molar-refractivity contribution in [3.8, 4) is 11.3 Å². The topological polar surface area (TPSA) is 56.2 Å². The van der Waals surface area contributed by atoms with E-state index < -0.39 is 0 Å². The van der Waals surface area contributed by atoms with Gasteiger partial charge in [-0.1, -0.05) is 39.8 Å². The van der Waals surface area contributed by atoms with Gasteiger partial charge in [-0.05, 0) is 44.2 Å². The minimum absolute atomic E-state index is 0.0288. The molecule has 0 bridgehead atoms. The largest absolute Gasteiger partial charge is 0.381 e. The Bertz CT molecular complexity index is 829. The zero-order chi connectivity index (χ0) is 21.0. The quantitative estimate of drug-likeness (QED) is 0.761. The van der Waals surface area contributed by atoms with Gasteiger partial charge in [0.1, 0.15) is 5.82 Å². The average molecular weight is 398 g/mol. The summed E-state index contributed by atoms with van der Waals surface area (Å²) in [4.78, 5) is 17.5. The lowest BCUT2D eigenvalue weighted by Crippen LogP contribution is -2.31. The van der Waals surface area contributed by atoms with Crippen molar-refractivity contribution in [2.75, 3.05) is 13.2 Å². The fourth-order valence-corrected chi connectivity index (χ4v) is 3.73. The van der Waals surface area contributed by atoms with Crippen LogP contribution in [0.25, 0.3) is 11.3 Å². The highest BCUT2D eigenvalue weighted by Crippen LogP contribution is 2.29. The van der Waals surface area contributed by atoms with Crippen LogP contribution >= 0.6 is 0 Å². The number of carbonyl (C=O) groups excluding carboxylic acids is 1. The van der Waals surface area contributed by atoms with Crippen molar-refractivity contribution < 1.29 is 9.53 Å². The number of ether oxygens (including phenoxy) is 1. The van der Waals surface area contributed by atoms with Gasteiger partial charge in [-0.15, -0.1) is 0 Å². The molecule has 1 aliphatic rings. The molecule has 1 saturated heterocycles. The predicted octanol–water partition coefficient (Wildman–Crippen LogP) is 4.80. The molecule has 1 aromatic carbocycles. The molecule has 1 atom stereocenters. The Kier molecular flexibility index (Phi) is 6.78. The Morgan fingerprint density at radius 3 is 2.69 bits per heavy atom. The lowest BCUT2D eigenvalue weighted by atomic mass is 9.94. The molecule has 0 aliphatic carbocycles. The molecule has 0 spiro atoms. The summed E-state index contributed by atoms with van der Waals surface area (Å²) in [6.07, 6.45) is 5.27. The van der Waals surface area contributed by atoms with Crippen LogP contribution in [0.1, 0.15) is 70.1 Å². The first kappa shape index (κ1) is 21.6. The molecular formula is C24H35N3O2. The zero-order valence-electron chi connectivity index (χ0n) is 18.5. The standard InChI is InChI=1S/C24H35N3O2/c1-6-17(2)25-22(28)20-9-7-8-19(14-20)21-16-27(23(26-21)24(3,4)5)15-18-10-12-29-13-11-18/h7-9,14,16-18H,6,10-13,15H2,1-5H3,(H,25,28). The first-order valence-electron chi connectivity index (χ1n) is 10.8. The Hall–Kier alpha value is -2.14. The van der Waals surface area contributed by atoms with Crippen molar-refractivity contribution in [1.82, 2.24) is 14.9 Å². The molecule has 2 heterocycles. The van der Waals surface area contributed by atoms with Gasteiger partial charge in [-0.3, -0.25) is 4.79 Å². The number of imidazole rings is 1. The molecule has 1 aliphatic heterocycles. The number of carbonyl (C=O) groups is 1. The normalized spacial score (nSPS) is 16.6. The number of nitrogens with zero attached hydrogens (tertiary/aromatic N) is 2. The number of rotatable bonds is 6. The Balaban J connectivity index is 1.88. The van der Waals surface area contributed by atoms with Crippen LogP contribution in [0.15, 0.2) is 30.5 Å². The van der Waals surface area contributed by atoms with Crippen LogP contribution in [0.5, 0.6) is 0 Å². The number of hydrogen-bond donors (Lipinski definition) is 1. The summed E-state index contributed by atoms with van der Waals surface area (Å²) in [7, 11) is 0. The highest BCUT2D eigenvalue weighted by Gasteiger charge is 2.25. The molecule has 1 unspecified atom stereocenters. The number of hydrogen-bond acceptors (Lipinski definition) is 3. The summed E-state index contributed by atoms with van der Waals surface area (Å²) in [6.45, 7) is 13.4. The molecule has 5 nitrogen and oxygen atoms in total. The molecular weight excluding hydrogens is 362 g/mol. The van der Waals surface area contributed by atoms with Gasteiger partial charge in [-0.2, -0.15) is 0 Å². The highest BCUT2D eigenvalue weighted by molar-refractivity contribution is 5.95. The molecule has 2 aromatic rings. The summed E-state index contributed by atoms with van der Waals surface area (Å²) in [6, 6.07) is 7.95. The third kappa shape index (κ3) is 5.47. The van der Waals surface area contributed by atoms with E-state index in [2.05, 4.69) is 43.8 Å². The highest BCUT2D eigenvalue weighted by atomic mass is 16.5. The van der Waals surface area contributed by atoms with E-state index in [4.69, 9.17) is 9.72 Å². The summed E-state index contributed by atoms with van der Waals surface area (Å²) < 4.78 is 7.83. The fourth-order valence-electron chi connectivity index (χ4n) is 3.73. The predicted molar refractivity (Wildman–Crippen MR) is 117 cm³/mol. The number of nitrogens with one attached hydrogen (secondary N) is 1. The monoisotopic (exact) mass is 397 g/mol. The third-order valence-electron chi connectivity index (χ3n) is 5.65. The van der Waals surface area contributed by atoms with Crippen LogP contribution in [0.2, 0.25) is 0 Å². The molecule has 0 radical (unpaired) electrons. The molecule has 158 valence electrons. The lowest BCUT2D eigenvalue weighted by molar-refractivity contribution is 0.0607. The Morgan fingerprint density at radius 1 is 1.31 bits per heavy atom. The van der Waals surface area contributed by atoms with Crippen LogP contribution in [0.3, 0.4) is 0 Å². The maximum absolute atomic E-state index is 12.5. The van der Waals surface area contributed by atoms with Crippen molar-refractivity contribution in [3.05, 3.63) is 41.9 Å². The third-order valence-corrected chi connectivity index (χ3v) is 5.65. The lowest BCUT2D eigenvalue weighted by Gasteiger charge is -2.25. The van der Waals surface area contributed by atoms with E-state index in [-0.39, 0.29) is 17.4 Å². The van der Waals surface area contributed by atoms with Gasteiger partial charge in [-0.25, -0.2) is 4.98 Å². The van der Waals surface area contributed by atoms with Crippen molar-refractivity contribution in [1.29, 1.82) is 0 Å². The second-order valence-electron chi connectivity index (χ2n) is 9.27. The maximum Gasteiger partial charge on any atom is 0.251 e. The van der Waals surface area contributed by atoms with Gasteiger partial charge >= 0.3 is 0 Å².